The number of nitro benzene ring substituents is 2. The zero-order valence-electron chi connectivity index (χ0n) is 18.0. The van der Waals surface area contributed by atoms with Gasteiger partial charge in [-0.3, -0.25) is 29.8 Å². The van der Waals surface area contributed by atoms with Crippen LogP contribution in [0.15, 0.2) is 54.7 Å². The van der Waals surface area contributed by atoms with E-state index in [-0.39, 0.29) is 36.0 Å². The highest BCUT2D eigenvalue weighted by atomic mass is 16.6. The monoisotopic (exact) mass is 454 g/mol. The molecule has 33 heavy (non-hydrogen) atoms. The fourth-order valence-corrected chi connectivity index (χ4v) is 3.50. The van der Waals surface area contributed by atoms with E-state index in [1.54, 1.807) is 42.8 Å². The fraction of sp³-hybridized carbons (Fsp3) is 0.273. The zero-order valence-corrected chi connectivity index (χ0v) is 18.0. The number of para-hydroxylation sites is 1. The number of benzene rings is 2. The van der Waals surface area contributed by atoms with Gasteiger partial charge in [0, 0.05) is 35.3 Å². The van der Waals surface area contributed by atoms with Crippen molar-refractivity contribution in [2.24, 2.45) is 0 Å². The molecule has 2 aromatic carbocycles. The summed E-state index contributed by atoms with van der Waals surface area (Å²) >= 11 is 0. The van der Waals surface area contributed by atoms with Gasteiger partial charge in [-0.05, 0) is 26.0 Å². The van der Waals surface area contributed by atoms with Crippen LogP contribution in [0.5, 0.6) is 0 Å². The molecule has 0 aliphatic heterocycles. The van der Waals surface area contributed by atoms with E-state index in [2.05, 4.69) is 5.32 Å². The van der Waals surface area contributed by atoms with E-state index in [0.29, 0.717) is 10.9 Å². The number of carbonyl (C=O) groups excluding carboxylic acids is 2. The maximum Gasteiger partial charge on any atom is 0.308 e. The first-order valence-corrected chi connectivity index (χ1v) is 10.1. The number of non-ortho nitro benzene ring substituents is 1. The van der Waals surface area contributed by atoms with Crippen molar-refractivity contribution in [2.75, 3.05) is 0 Å². The van der Waals surface area contributed by atoms with Gasteiger partial charge in [-0.2, -0.15) is 0 Å². The van der Waals surface area contributed by atoms with Gasteiger partial charge in [0.1, 0.15) is 6.54 Å². The molecule has 1 aromatic heterocycles. The molecule has 0 radical (unpaired) electrons. The lowest BCUT2D eigenvalue weighted by Gasteiger charge is -2.20. The van der Waals surface area contributed by atoms with Gasteiger partial charge in [-0.1, -0.05) is 18.2 Å². The Bertz CT molecular complexity index is 1220. The topological polar surface area (TPSA) is 147 Å². The van der Waals surface area contributed by atoms with Crippen LogP contribution in [0.1, 0.15) is 31.9 Å². The molecular weight excluding hydrogens is 432 g/mol. The Morgan fingerprint density at radius 2 is 1.79 bits per heavy atom. The van der Waals surface area contributed by atoms with Crippen molar-refractivity contribution in [2.45, 2.75) is 39.0 Å². The minimum Gasteiger partial charge on any atom is -0.463 e. The third kappa shape index (κ3) is 5.70. The number of esters is 1. The van der Waals surface area contributed by atoms with E-state index >= 15 is 0 Å². The van der Waals surface area contributed by atoms with E-state index in [4.69, 9.17) is 4.74 Å². The molecule has 11 nitrogen and oxygen atoms in total. The summed E-state index contributed by atoms with van der Waals surface area (Å²) in [5, 5.41) is 25.7. The number of amides is 1. The zero-order chi connectivity index (χ0) is 24.1. The van der Waals surface area contributed by atoms with Crippen LogP contribution in [0.4, 0.5) is 11.4 Å². The Labute approximate surface area is 188 Å². The van der Waals surface area contributed by atoms with Crippen molar-refractivity contribution in [1.29, 1.82) is 0 Å². The predicted octanol–water partition coefficient (Wildman–Crippen LogP) is 3.66. The molecule has 0 aliphatic rings. The normalized spacial score (nSPS) is 11.8. The van der Waals surface area contributed by atoms with Gasteiger partial charge >= 0.3 is 5.97 Å². The fourth-order valence-electron chi connectivity index (χ4n) is 3.50. The molecule has 1 heterocycles. The minimum absolute atomic E-state index is 0.0650. The van der Waals surface area contributed by atoms with Crippen LogP contribution in [0.2, 0.25) is 0 Å². The van der Waals surface area contributed by atoms with Crippen LogP contribution in [0.25, 0.3) is 10.9 Å². The average molecular weight is 454 g/mol. The van der Waals surface area contributed by atoms with E-state index in [1.165, 1.54) is 30.3 Å². The largest absolute Gasteiger partial charge is 0.463 e. The Hall–Kier alpha value is -4.28. The second kappa shape index (κ2) is 9.90. The Morgan fingerprint density at radius 1 is 1.06 bits per heavy atom. The third-order valence-corrected chi connectivity index (χ3v) is 4.86. The van der Waals surface area contributed by atoms with Gasteiger partial charge in [0.15, 0.2) is 0 Å². The Morgan fingerprint density at radius 3 is 2.45 bits per heavy atom. The van der Waals surface area contributed by atoms with Gasteiger partial charge in [0.2, 0.25) is 5.91 Å². The van der Waals surface area contributed by atoms with E-state index < -0.39 is 27.8 Å². The summed E-state index contributed by atoms with van der Waals surface area (Å²) in [6.07, 6.45) is 0.948. The molecule has 0 bridgehead atoms. The van der Waals surface area contributed by atoms with Gasteiger partial charge < -0.3 is 14.6 Å². The highest BCUT2D eigenvalue weighted by Crippen LogP contribution is 2.28. The molecule has 1 atom stereocenters. The number of carbonyl (C=O) groups is 2. The van der Waals surface area contributed by atoms with Crippen LogP contribution in [-0.2, 0) is 20.9 Å². The van der Waals surface area contributed by atoms with Crippen LogP contribution < -0.4 is 5.32 Å². The number of fused-ring (bicyclic) bond motifs is 1. The second-order valence-electron chi connectivity index (χ2n) is 7.62. The van der Waals surface area contributed by atoms with Crippen molar-refractivity contribution in [3.63, 3.8) is 0 Å². The maximum atomic E-state index is 12.8. The molecule has 11 heteroatoms. The van der Waals surface area contributed by atoms with Gasteiger partial charge in [-0.25, -0.2) is 0 Å². The summed E-state index contributed by atoms with van der Waals surface area (Å²) in [5.74, 6) is -1.10. The summed E-state index contributed by atoms with van der Waals surface area (Å²) in [6, 6.07) is 10.8. The first-order valence-electron chi connectivity index (χ1n) is 10.1. The van der Waals surface area contributed by atoms with E-state index in [1.807, 2.05) is 0 Å². The number of hydrogen-bond donors (Lipinski definition) is 1. The molecule has 172 valence electrons. The van der Waals surface area contributed by atoms with Crippen LogP contribution >= 0.6 is 0 Å². The number of nitrogens with one attached hydrogen (secondary N) is 1. The van der Waals surface area contributed by atoms with Gasteiger partial charge in [0.05, 0.1) is 34.0 Å². The molecule has 0 aliphatic carbocycles. The van der Waals surface area contributed by atoms with Gasteiger partial charge in [-0.15, -0.1) is 0 Å². The predicted molar refractivity (Wildman–Crippen MR) is 118 cm³/mol. The lowest BCUT2D eigenvalue weighted by atomic mass is 10.0. The second-order valence-corrected chi connectivity index (χ2v) is 7.62. The molecule has 0 saturated heterocycles. The SMILES string of the molecule is CC(C)OC(=O)CC(NC(=O)Cn1ccc2cc([N+](=O)[O-])ccc21)c1ccccc1[N+](=O)[O-]. The molecule has 1 amide bonds. The van der Waals surface area contributed by atoms with Crippen molar-refractivity contribution in [1.82, 2.24) is 9.88 Å². The first kappa shape index (κ1) is 23.4. The number of nitrogens with zero attached hydrogens (tertiary/aromatic N) is 3. The summed E-state index contributed by atoms with van der Waals surface area (Å²) in [6.45, 7) is 3.20. The van der Waals surface area contributed by atoms with Crippen LogP contribution in [0, 0.1) is 20.2 Å². The van der Waals surface area contributed by atoms with Crippen molar-refractivity contribution in [3.8, 4) is 0 Å². The standard InChI is InChI=1S/C22H22N4O7/c1-14(2)33-22(28)12-18(17-5-3-4-6-20(17)26(31)32)23-21(27)13-24-10-9-15-11-16(25(29)30)7-8-19(15)24/h3-11,14,18H,12-13H2,1-2H3,(H,23,27). The summed E-state index contributed by atoms with van der Waals surface area (Å²) in [4.78, 5) is 46.5. The van der Waals surface area contributed by atoms with Crippen molar-refractivity contribution < 1.29 is 24.2 Å². The summed E-state index contributed by atoms with van der Waals surface area (Å²) in [7, 11) is 0. The molecule has 0 fully saturated rings. The summed E-state index contributed by atoms with van der Waals surface area (Å²) in [5.41, 5.74) is 0.505. The third-order valence-electron chi connectivity index (χ3n) is 4.86. The highest BCUT2D eigenvalue weighted by Gasteiger charge is 2.26. The average Bonchev–Trinajstić information content (AvgIpc) is 3.14. The Kier molecular flexibility index (Phi) is 7.01. The maximum absolute atomic E-state index is 12.8. The van der Waals surface area contributed by atoms with E-state index in [9.17, 15) is 29.8 Å². The lowest BCUT2D eigenvalue weighted by molar-refractivity contribution is -0.385. The molecular formula is C22H22N4O7. The number of aromatic nitrogens is 1. The molecule has 0 saturated carbocycles. The molecule has 3 rings (SSSR count). The number of hydrogen-bond acceptors (Lipinski definition) is 7. The molecule has 1 unspecified atom stereocenters. The van der Waals surface area contributed by atoms with Crippen molar-refractivity contribution >= 4 is 34.2 Å². The number of nitro groups is 2. The smallest absolute Gasteiger partial charge is 0.308 e. The quantitative estimate of drug-likeness (QED) is 0.295. The molecule has 0 spiro atoms. The van der Waals surface area contributed by atoms with E-state index in [0.717, 1.165) is 0 Å². The highest BCUT2D eigenvalue weighted by molar-refractivity contribution is 5.85. The Balaban J connectivity index is 1.84. The number of ether oxygens (including phenoxy) is 1. The first-order chi connectivity index (χ1) is 15.7. The lowest BCUT2D eigenvalue weighted by Crippen LogP contribution is -2.33. The molecule has 1 N–H and O–H groups in total. The van der Waals surface area contributed by atoms with Gasteiger partial charge in [0.25, 0.3) is 11.4 Å². The van der Waals surface area contributed by atoms with Crippen LogP contribution in [-0.4, -0.2) is 32.4 Å². The van der Waals surface area contributed by atoms with Crippen LogP contribution in [0.3, 0.4) is 0 Å². The number of rotatable bonds is 9. The van der Waals surface area contributed by atoms with Crippen molar-refractivity contribution in [3.05, 3.63) is 80.5 Å². The minimum atomic E-state index is -0.978. The molecule has 3 aromatic rings. The summed E-state index contributed by atoms with van der Waals surface area (Å²) < 4.78 is 6.75.